The molecule has 1 unspecified atom stereocenters. The van der Waals surface area contributed by atoms with Crippen LogP contribution in [-0.4, -0.2) is 37.1 Å². The quantitative estimate of drug-likeness (QED) is 0.526. The van der Waals surface area contributed by atoms with E-state index >= 15 is 0 Å². The summed E-state index contributed by atoms with van der Waals surface area (Å²) >= 11 is 0. The maximum atomic E-state index is 5.25. The van der Waals surface area contributed by atoms with Gasteiger partial charge in [0.1, 0.15) is 0 Å². The van der Waals surface area contributed by atoms with E-state index < -0.39 is 0 Å². The van der Waals surface area contributed by atoms with Crippen molar-refractivity contribution in [3.05, 3.63) is 0 Å². The first-order valence-electron chi connectivity index (χ1n) is 7.67. The fourth-order valence-corrected chi connectivity index (χ4v) is 2.84. The predicted octanol–water partition coefficient (Wildman–Crippen LogP) is 2.89. The SMILES string of the molecule is C#CCCCCNC(C)C1CCN(CCC)CC1. The number of nitrogens with one attached hydrogen (secondary N) is 1. The molecule has 1 atom stereocenters. The zero-order chi connectivity index (χ0) is 13.2. The van der Waals surface area contributed by atoms with Crippen molar-refractivity contribution in [2.45, 2.75) is 58.4 Å². The third-order valence-corrected chi connectivity index (χ3v) is 4.09. The van der Waals surface area contributed by atoms with Crippen LogP contribution in [0.3, 0.4) is 0 Å². The summed E-state index contributed by atoms with van der Waals surface area (Å²) in [5.41, 5.74) is 0. The minimum atomic E-state index is 0.666. The molecule has 0 aromatic rings. The number of unbranched alkanes of at least 4 members (excludes halogenated alkanes) is 2. The topological polar surface area (TPSA) is 15.3 Å². The molecular weight excluding hydrogens is 220 g/mol. The molecule has 0 radical (unpaired) electrons. The van der Waals surface area contributed by atoms with Crippen LogP contribution in [0.25, 0.3) is 0 Å². The molecule has 0 aromatic heterocycles. The minimum Gasteiger partial charge on any atom is -0.314 e. The van der Waals surface area contributed by atoms with Gasteiger partial charge in [0.05, 0.1) is 0 Å². The Labute approximate surface area is 114 Å². The van der Waals surface area contributed by atoms with Crippen molar-refractivity contribution in [2.75, 3.05) is 26.2 Å². The van der Waals surface area contributed by atoms with E-state index in [1.54, 1.807) is 0 Å². The number of piperidine rings is 1. The van der Waals surface area contributed by atoms with Gasteiger partial charge in [-0.05, 0) is 71.1 Å². The zero-order valence-corrected chi connectivity index (χ0v) is 12.3. The largest absolute Gasteiger partial charge is 0.314 e. The Morgan fingerprint density at radius 1 is 1.33 bits per heavy atom. The molecule has 0 saturated carbocycles. The average Bonchev–Trinajstić information content (AvgIpc) is 2.39. The van der Waals surface area contributed by atoms with Crippen molar-refractivity contribution in [1.82, 2.24) is 10.2 Å². The Balaban J connectivity index is 2.08. The van der Waals surface area contributed by atoms with Gasteiger partial charge in [-0.2, -0.15) is 0 Å². The molecule has 1 heterocycles. The summed E-state index contributed by atoms with van der Waals surface area (Å²) < 4.78 is 0. The molecule has 1 rings (SSSR count). The zero-order valence-electron chi connectivity index (χ0n) is 12.3. The Kier molecular flexibility index (Phi) is 8.13. The van der Waals surface area contributed by atoms with Gasteiger partial charge in [0.2, 0.25) is 0 Å². The van der Waals surface area contributed by atoms with E-state index in [-0.39, 0.29) is 0 Å². The summed E-state index contributed by atoms with van der Waals surface area (Å²) in [5, 5.41) is 3.67. The number of rotatable bonds is 8. The molecule has 2 heteroatoms. The van der Waals surface area contributed by atoms with Gasteiger partial charge in [0.25, 0.3) is 0 Å². The molecule has 0 amide bonds. The highest BCUT2D eigenvalue weighted by Gasteiger charge is 2.22. The smallest absolute Gasteiger partial charge is 0.00865 e. The molecule has 1 N–H and O–H groups in total. The van der Waals surface area contributed by atoms with Crippen LogP contribution in [0.15, 0.2) is 0 Å². The van der Waals surface area contributed by atoms with Crippen LogP contribution < -0.4 is 5.32 Å². The molecule has 18 heavy (non-hydrogen) atoms. The first-order chi connectivity index (χ1) is 8.77. The van der Waals surface area contributed by atoms with Crippen molar-refractivity contribution in [3.8, 4) is 12.3 Å². The standard InChI is InChI=1S/C16H30N2/c1-4-6-7-8-11-17-15(3)16-9-13-18(12-5-2)14-10-16/h1,15-17H,5-14H2,2-3H3. The second-order valence-corrected chi connectivity index (χ2v) is 5.58. The van der Waals surface area contributed by atoms with Gasteiger partial charge in [-0.15, -0.1) is 12.3 Å². The molecule has 104 valence electrons. The lowest BCUT2D eigenvalue weighted by Gasteiger charge is -2.35. The van der Waals surface area contributed by atoms with Gasteiger partial charge in [-0.25, -0.2) is 0 Å². The summed E-state index contributed by atoms with van der Waals surface area (Å²) in [6.45, 7) is 9.61. The van der Waals surface area contributed by atoms with Crippen LogP contribution in [-0.2, 0) is 0 Å². The van der Waals surface area contributed by atoms with E-state index in [0.29, 0.717) is 6.04 Å². The lowest BCUT2D eigenvalue weighted by molar-refractivity contribution is 0.163. The second kappa shape index (κ2) is 9.42. The molecule has 0 aliphatic carbocycles. The van der Waals surface area contributed by atoms with E-state index in [0.717, 1.165) is 25.3 Å². The van der Waals surface area contributed by atoms with Gasteiger partial charge in [0, 0.05) is 12.5 Å². The normalized spacial score (nSPS) is 19.6. The highest BCUT2D eigenvalue weighted by Crippen LogP contribution is 2.20. The van der Waals surface area contributed by atoms with E-state index in [9.17, 15) is 0 Å². The van der Waals surface area contributed by atoms with E-state index in [1.807, 2.05) is 0 Å². The summed E-state index contributed by atoms with van der Waals surface area (Å²) in [5.74, 6) is 3.57. The van der Waals surface area contributed by atoms with Crippen LogP contribution >= 0.6 is 0 Å². The monoisotopic (exact) mass is 250 g/mol. The number of nitrogens with zero attached hydrogens (tertiary/aromatic N) is 1. The second-order valence-electron chi connectivity index (χ2n) is 5.58. The molecule has 0 spiro atoms. The Bertz CT molecular complexity index is 236. The van der Waals surface area contributed by atoms with Gasteiger partial charge >= 0.3 is 0 Å². The van der Waals surface area contributed by atoms with Gasteiger partial charge in [-0.1, -0.05) is 6.92 Å². The molecule has 1 saturated heterocycles. The molecule has 0 bridgehead atoms. The molecule has 0 aromatic carbocycles. The Hall–Kier alpha value is -0.520. The molecule has 1 aliphatic rings. The highest BCUT2D eigenvalue weighted by molar-refractivity contribution is 4.83. The van der Waals surface area contributed by atoms with Crippen LogP contribution in [0, 0.1) is 18.3 Å². The average molecular weight is 250 g/mol. The molecule has 1 fully saturated rings. The first-order valence-corrected chi connectivity index (χ1v) is 7.67. The van der Waals surface area contributed by atoms with Crippen molar-refractivity contribution in [1.29, 1.82) is 0 Å². The van der Waals surface area contributed by atoms with Crippen LogP contribution in [0.4, 0.5) is 0 Å². The lowest BCUT2D eigenvalue weighted by atomic mass is 9.90. The van der Waals surface area contributed by atoms with Crippen LogP contribution in [0.2, 0.25) is 0 Å². The van der Waals surface area contributed by atoms with E-state index in [1.165, 1.54) is 45.3 Å². The fraction of sp³-hybridized carbons (Fsp3) is 0.875. The third-order valence-electron chi connectivity index (χ3n) is 4.09. The van der Waals surface area contributed by atoms with E-state index in [2.05, 4.69) is 30.0 Å². The van der Waals surface area contributed by atoms with Crippen molar-refractivity contribution in [2.24, 2.45) is 5.92 Å². The third kappa shape index (κ3) is 5.89. The summed E-state index contributed by atoms with van der Waals surface area (Å²) in [4.78, 5) is 2.61. The van der Waals surface area contributed by atoms with Gasteiger partial charge in [-0.3, -0.25) is 0 Å². The summed E-state index contributed by atoms with van der Waals surface area (Å²) in [6.07, 6.45) is 12.5. The Morgan fingerprint density at radius 3 is 2.67 bits per heavy atom. The van der Waals surface area contributed by atoms with Crippen LogP contribution in [0.5, 0.6) is 0 Å². The molecule has 1 aliphatic heterocycles. The molecular formula is C16H30N2. The van der Waals surface area contributed by atoms with Crippen LogP contribution in [0.1, 0.15) is 52.4 Å². The van der Waals surface area contributed by atoms with Crippen molar-refractivity contribution in [3.63, 3.8) is 0 Å². The minimum absolute atomic E-state index is 0.666. The van der Waals surface area contributed by atoms with Crippen molar-refractivity contribution < 1.29 is 0 Å². The fourth-order valence-electron chi connectivity index (χ4n) is 2.84. The Morgan fingerprint density at radius 2 is 2.06 bits per heavy atom. The summed E-state index contributed by atoms with van der Waals surface area (Å²) in [7, 11) is 0. The highest BCUT2D eigenvalue weighted by atomic mass is 15.1. The lowest BCUT2D eigenvalue weighted by Crippen LogP contribution is -2.42. The number of hydrogen-bond donors (Lipinski definition) is 1. The maximum Gasteiger partial charge on any atom is 0.00865 e. The summed E-state index contributed by atoms with van der Waals surface area (Å²) in [6, 6.07) is 0.666. The molecule has 2 nitrogen and oxygen atoms in total. The predicted molar refractivity (Wildman–Crippen MR) is 79.6 cm³/mol. The van der Waals surface area contributed by atoms with Gasteiger partial charge in [0.15, 0.2) is 0 Å². The number of terminal acetylenes is 1. The maximum absolute atomic E-state index is 5.25. The number of likely N-dealkylation sites (tertiary alicyclic amines) is 1. The van der Waals surface area contributed by atoms with Crippen molar-refractivity contribution >= 4 is 0 Å². The van der Waals surface area contributed by atoms with Gasteiger partial charge < -0.3 is 10.2 Å². The number of hydrogen-bond acceptors (Lipinski definition) is 2. The first kappa shape index (κ1) is 15.5. The van der Waals surface area contributed by atoms with E-state index in [4.69, 9.17) is 6.42 Å².